The van der Waals surface area contributed by atoms with Crippen molar-refractivity contribution >= 4 is 24.1 Å². The fraction of sp³-hybridized carbons (Fsp3) is 0.222. The lowest BCUT2D eigenvalue weighted by Crippen LogP contribution is -1.98. The number of benzene rings is 1. The van der Waals surface area contributed by atoms with E-state index < -0.39 is 0 Å². The Morgan fingerprint density at radius 1 is 1.58 bits per heavy atom. The van der Waals surface area contributed by atoms with Crippen molar-refractivity contribution in [2.24, 2.45) is 0 Å². The van der Waals surface area contributed by atoms with Gasteiger partial charge in [0.1, 0.15) is 0 Å². The van der Waals surface area contributed by atoms with E-state index in [0.717, 1.165) is 0 Å². The van der Waals surface area contributed by atoms with E-state index in [0.29, 0.717) is 22.6 Å². The van der Waals surface area contributed by atoms with Crippen LogP contribution in [0.2, 0.25) is 0 Å². The largest absolute Gasteiger partial charge is 0.398 e. The molecule has 0 saturated carbocycles. The molecule has 0 aliphatic carbocycles. The van der Waals surface area contributed by atoms with Crippen LogP contribution in [0.5, 0.6) is 0 Å². The van der Waals surface area contributed by atoms with E-state index in [4.69, 9.17) is 5.73 Å². The summed E-state index contributed by atoms with van der Waals surface area (Å²) in [6.45, 7) is 1.83. The molecule has 0 aliphatic heterocycles. The van der Waals surface area contributed by atoms with E-state index in [9.17, 15) is 4.79 Å². The van der Waals surface area contributed by atoms with Crippen molar-refractivity contribution in [3.8, 4) is 0 Å². The smallest absolute Gasteiger partial charge is 0.162 e. The summed E-state index contributed by atoms with van der Waals surface area (Å²) in [6.07, 6.45) is 0.505. The SMILES string of the molecule is CCC(=O)c1ccc(S)c(N)c1. The Kier molecular flexibility index (Phi) is 2.76. The fourth-order valence-electron chi connectivity index (χ4n) is 0.932. The molecular weight excluding hydrogens is 170 g/mol. The van der Waals surface area contributed by atoms with Crippen molar-refractivity contribution in [3.05, 3.63) is 23.8 Å². The predicted octanol–water partition coefficient (Wildman–Crippen LogP) is 2.15. The molecule has 0 heterocycles. The van der Waals surface area contributed by atoms with E-state index in [2.05, 4.69) is 12.6 Å². The predicted molar refractivity (Wildman–Crippen MR) is 52.7 cm³/mol. The summed E-state index contributed by atoms with van der Waals surface area (Å²) in [5.74, 6) is 0.107. The maximum atomic E-state index is 11.2. The summed E-state index contributed by atoms with van der Waals surface area (Å²) >= 11 is 4.11. The van der Waals surface area contributed by atoms with Crippen molar-refractivity contribution in [3.63, 3.8) is 0 Å². The number of anilines is 1. The number of ketones is 1. The summed E-state index contributed by atoms with van der Waals surface area (Å²) in [4.78, 5) is 11.9. The van der Waals surface area contributed by atoms with E-state index >= 15 is 0 Å². The van der Waals surface area contributed by atoms with Crippen LogP contribution in [0.3, 0.4) is 0 Å². The van der Waals surface area contributed by atoms with E-state index in [-0.39, 0.29) is 5.78 Å². The van der Waals surface area contributed by atoms with Gasteiger partial charge in [-0.15, -0.1) is 12.6 Å². The van der Waals surface area contributed by atoms with Crippen LogP contribution in [0.15, 0.2) is 23.1 Å². The lowest BCUT2D eigenvalue weighted by atomic mass is 10.1. The second-order valence-electron chi connectivity index (χ2n) is 2.55. The molecule has 3 heteroatoms. The molecular formula is C9H11NOS. The van der Waals surface area contributed by atoms with E-state index in [1.165, 1.54) is 0 Å². The summed E-state index contributed by atoms with van der Waals surface area (Å²) in [5.41, 5.74) is 6.80. The van der Waals surface area contributed by atoms with E-state index in [1.54, 1.807) is 18.2 Å². The minimum absolute atomic E-state index is 0.107. The van der Waals surface area contributed by atoms with Crippen LogP contribution in [0.1, 0.15) is 23.7 Å². The quantitative estimate of drug-likeness (QED) is 0.417. The summed E-state index contributed by atoms with van der Waals surface area (Å²) in [7, 11) is 0. The Balaban J connectivity index is 3.05. The zero-order valence-corrected chi connectivity index (χ0v) is 7.77. The highest BCUT2D eigenvalue weighted by Gasteiger charge is 2.03. The first-order chi connectivity index (χ1) is 5.65. The van der Waals surface area contributed by atoms with Gasteiger partial charge in [0.25, 0.3) is 0 Å². The lowest BCUT2D eigenvalue weighted by Gasteiger charge is -2.01. The third-order valence-corrected chi connectivity index (χ3v) is 2.08. The van der Waals surface area contributed by atoms with Crippen molar-refractivity contribution in [1.82, 2.24) is 0 Å². The topological polar surface area (TPSA) is 43.1 Å². The second-order valence-corrected chi connectivity index (χ2v) is 3.03. The average molecular weight is 181 g/mol. The monoisotopic (exact) mass is 181 g/mol. The highest BCUT2D eigenvalue weighted by Crippen LogP contribution is 2.18. The van der Waals surface area contributed by atoms with Gasteiger partial charge in [-0.3, -0.25) is 4.79 Å². The highest BCUT2D eigenvalue weighted by atomic mass is 32.1. The molecule has 0 saturated heterocycles. The third kappa shape index (κ3) is 1.80. The van der Waals surface area contributed by atoms with Gasteiger partial charge in [0.2, 0.25) is 0 Å². The first kappa shape index (κ1) is 9.13. The first-order valence-corrected chi connectivity index (χ1v) is 4.21. The van der Waals surface area contributed by atoms with Gasteiger partial charge in [-0.1, -0.05) is 13.0 Å². The number of Topliss-reactive ketones (excluding diaryl/α,β-unsaturated/α-hetero) is 1. The normalized spacial score (nSPS) is 9.83. The van der Waals surface area contributed by atoms with Crippen molar-refractivity contribution in [2.45, 2.75) is 18.2 Å². The molecule has 1 aromatic rings. The van der Waals surface area contributed by atoms with Crippen LogP contribution in [-0.4, -0.2) is 5.78 Å². The molecule has 2 N–H and O–H groups in total. The molecule has 12 heavy (non-hydrogen) atoms. The summed E-state index contributed by atoms with van der Waals surface area (Å²) in [5, 5.41) is 0. The van der Waals surface area contributed by atoms with Gasteiger partial charge in [0, 0.05) is 22.6 Å². The lowest BCUT2D eigenvalue weighted by molar-refractivity contribution is 0.0988. The molecule has 0 aromatic heterocycles. The number of nitrogen functional groups attached to an aromatic ring is 1. The molecule has 0 aliphatic rings. The number of hydrogen-bond donors (Lipinski definition) is 2. The van der Waals surface area contributed by atoms with Crippen LogP contribution in [0, 0.1) is 0 Å². The van der Waals surface area contributed by atoms with Crippen LogP contribution < -0.4 is 5.73 Å². The molecule has 0 amide bonds. The molecule has 0 bridgehead atoms. The zero-order chi connectivity index (χ0) is 9.14. The van der Waals surface area contributed by atoms with Gasteiger partial charge in [0.15, 0.2) is 5.78 Å². The van der Waals surface area contributed by atoms with Crippen molar-refractivity contribution < 1.29 is 4.79 Å². The van der Waals surface area contributed by atoms with Gasteiger partial charge < -0.3 is 5.73 Å². The minimum Gasteiger partial charge on any atom is -0.398 e. The number of nitrogens with two attached hydrogens (primary N) is 1. The molecule has 0 radical (unpaired) electrons. The second kappa shape index (κ2) is 3.63. The molecule has 64 valence electrons. The standard InChI is InChI=1S/C9H11NOS/c1-2-8(11)6-3-4-9(12)7(10)5-6/h3-5,12H,2,10H2,1H3. The molecule has 0 fully saturated rings. The molecule has 1 rings (SSSR count). The Hall–Kier alpha value is -0.960. The Labute approximate surface area is 77.2 Å². The molecule has 0 atom stereocenters. The van der Waals surface area contributed by atoms with Crippen molar-refractivity contribution in [1.29, 1.82) is 0 Å². The molecule has 0 unspecified atom stereocenters. The maximum absolute atomic E-state index is 11.2. The number of hydrogen-bond acceptors (Lipinski definition) is 3. The number of rotatable bonds is 2. The Morgan fingerprint density at radius 2 is 2.25 bits per heavy atom. The van der Waals surface area contributed by atoms with Gasteiger partial charge in [0.05, 0.1) is 0 Å². The third-order valence-electron chi connectivity index (χ3n) is 1.67. The average Bonchev–Trinajstić information content (AvgIpc) is 2.08. The summed E-state index contributed by atoms with van der Waals surface area (Å²) < 4.78 is 0. The minimum atomic E-state index is 0.107. The molecule has 2 nitrogen and oxygen atoms in total. The van der Waals surface area contributed by atoms with Crippen LogP contribution in [0.4, 0.5) is 5.69 Å². The van der Waals surface area contributed by atoms with Gasteiger partial charge in [-0.05, 0) is 12.1 Å². The van der Waals surface area contributed by atoms with Gasteiger partial charge in [-0.2, -0.15) is 0 Å². The molecule has 0 spiro atoms. The van der Waals surface area contributed by atoms with Crippen LogP contribution >= 0.6 is 12.6 Å². The number of thiol groups is 1. The zero-order valence-electron chi connectivity index (χ0n) is 6.87. The van der Waals surface area contributed by atoms with Gasteiger partial charge >= 0.3 is 0 Å². The molecule has 1 aromatic carbocycles. The highest BCUT2D eigenvalue weighted by molar-refractivity contribution is 7.80. The Morgan fingerprint density at radius 3 is 2.75 bits per heavy atom. The van der Waals surface area contributed by atoms with E-state index in [1.807, 2.05) is 6.92 Å². The fourth-order valence-corrected chi connectivity index (χ4v) is 1.07. The number of carbonyl (C=O) groups is 1. The van der Waals surface area contributed by atoms with Gasteiger partial charge in [-0.25, -0.2) is 0 Å². The summed E-state index contributed by atoms with van der Waals surface area (Å²) in [6, 6.07) is 5.14. The van der Waals surface area contributed by atoms with Crippen molar-refractivity contribution in [2.75, 3.05) is 5.73 Å². The first-order valence-electron chi connectivity index (χ1n) is 3.77. The van der Waals surface area contributed by atoms with Crippen LogP contribution in [0.25, 0.3) is 0 Å². The number of carbonyl (C=O) groups excluding carboxylic acids is 1. The Bertz CT molecular complexity index is 309. The maximum Gasteiger partial charge on any atom is 0.162 e. The van der Waals surface area contributed by atoms with Crippen LogP contribution in [-0.2, 0) is 0 Å².